The van der Waals surface area contributed by atoms with E-state index in [2.05, 4.69) is 19.2 Å². The lowest BCUT2D eigenvalue weighted by molar-refractivity contribution is -0.120. The van der Waals surface area contributed by atoms with Crippen molar-refractivity contribution >= 4 is 5.91 Å². The van der Waals surface area contributed by atoms with E-state index in [0.717, 1.165) is 0 Å². The lowest BCUT2D eigenvalue weighted by Gasteiger charge is -2.02. The zero-order valence-electron chi connectivity index (χ0n) is 8.68. The van der Waals surface area contributed by atoms with Crippen LogP contribution in [0.4, 0.5) is 0 Å². The molecule has 1 aliphatic heterocycles. The monoisotopic (exact) mass is 171 g/mol. The molecule has 0 unspecified atom stereocenters. The van der Waals surface area contributed by atoms with Gasteiger partial charge in [-0.2, -0.15) is 0 Å². The van der Waals surface area contributed by atoms with Crippen molar-refractivity contribution in [1.82, 2.24) is 5.32 Å². The van der Waals surface area contributed by atoms with Gasteiger partial charge >= 0.3 is 0 Å². The molecule has 0 fully saturated rings. The Kier molecular flexibility index (Phi) is 14.8. The van der Waals surface area contributed by atoms with E-state index >= 15 is 0 Å². The highest BCUT2D eigenvalue weighted by Crippen LogP contribution is 1.87. The molecule has 0 aromatic rings. The van der Waals surface area contributed by atoms with Crippen LogP contribution in [0.2, 0.25) is 0 Å². The second-order valence-electron chi connectivity index (χ2n) is 2.19. The molecule has 0 bridgehead atoms. The summed E-state index contributed by atoms with van der Waals surface area (Å²) in [4.78, 5) is 10.3. The Balaban J connectivity index is 0. The van der Waals surface area contributed by atoms with E-state index in [0.29, 0.717) is 13.0 Å². The highest BCUT2D eigenvalue weighted by atomic mass is 16.1. The van der Waals surface area contributed by atoms with Crippen LogP contribution in [0, 0.1) is 0 Å². The normalized spacial score (nSPS) is 13.2. The van der Waals surface area contributed by atoms with E-state index in [4.69, 9.17) is 0 Å². The Morgan fingerprint density at radius 3 is 2.00 bits per heavy atom. The first kappa shape index (κ1) is 13.8. The van der Waals surface area contributed by atoms with Gasteiger partial charge in [0.1, 0.15) is 0 Å². The fraction of sp³-hybridized carbons (Fsp3) is 0.700. The van der Waals surface area contributed by atoms with Crippen LogP contribution < -0.4 is 5.32 Å². The fourth-order valence-electron chi connectivity index (χ4n) is 0.519. The largest absolute Gasteiger partial charge is 0.352 e. The summed E-state index contributed by atoms with van der Waals surface area (Å²) in [5.41, 5.74) is 0. The van der Waals surface area contributed by atoms with E-state index in [1.807, 2.05) is 26.0 Å². The summed E-state index contributed by atoms with van der Waals surface area (Å²) >= 11 is 0. The summed E-state index contributed by atoms with van der Waals surface area (Å²) in [6.45, 7) is 8.96. The van der Waals surface area contributed by atoms with Gasteiger partial charge in [-0.3, -0.25) is 4.79 Å². The molecule has 0 atom stereocenters. The lowest BCUT2D eigenvalue weighted by Crippen LogP contribution is -2.24. The van der Waals surface area contributed by atoms with Crippen LogP contribution in [0.25, 0.3) is 0 Å². The third kappa shape index (κ3) is 11.9. The first-order valence-corrected chi connectivity index (χ1v) is 4.73. The van der Waals surface area contributed by atoms with E-state index in [1.165, 1.54) is 6.42 Å². The number of carbonyl (C=O) groups excluding carboxylic acids is 1. The minimum Gasteiger partial charge on any atom is -0.352 e. The third-order valence-electron chi connectivity index (χ3n) is 0.887. The molecule has 12 heavy (non-hydrogen) atoms. The van der Waals surface area contributed by atoms with Gasteiger partial charge in [-0.15, -0.1) is 0 Å². The predicted molar refractivity (Wildman–Crippen MR) is 54.1 cm³/mol. The summed E-state index contributed by atoms with van der Waals surface area (Å²) in [5.74, 6) is 0.127. The van der Waals surface area contributed by atoms with Crippen LogP contribution in [-0.2, 0) is 4.79 Å². The molecule has 1 aliphatic rings. The Bertz CT molecular complexity index is 119. The van der Waals surface area contributed by atoms with Crippen LogP contribution in [0.3, 0.4) is 0 Å². The molecule has 0 aliphatic carbocycles. The average Bonchev–Trinajstić information content (AvgIpc) is 2.11. The van der Waals surface area contributed by atoms with Gasteiger partial charge in [-0.05, 0) is 0 Å². The highest BCUT2D eigenvalue weighted by molar-refractivity contribution is 5.78. The van der Waals surface area contributed by atoms with Gasteiger partial charge in [0.2, 0.25) is 5.91 Å². The number of nitrogens with one attached hydrogen (secondary N) is 1. The first-order chi connectivity index (χ1) is 5.81. The number of hydrogen-bond donors (Lipinski definition) is 1. The second-order valence-corrected chi connectivity index (χ2v) is 2.19. The van der Waals surface area contributed by atoms with Crippen molar-refractivity contribution in [2.75, 3.05) is 6.54 Å². The number of amides is 1. The first-order valence-electron chi connectivity index (χ1n) is 4.73. The molecule has 1 N–H and O–H groups in total. The van der Waals surface area contributed by atoms with Crippen molar-refractivity contribution in [2.45, 2.75) is 40.5 Å². The van der Waals surface area contributed by atoms with Gasteiger partial charge in [0, 0.05) is 13.0 Å². The summed E-state index contributed by atoms with van der Waals surface area (Å²) in [6.07, 6.45) is 5.63. The standard InChI is InChI=1S/C5H7NO.C3H8.C2H6/c7-5-3-1-2-4-6-5;1-3-2;1-2/h1-2H,3-4H2,(H,6,7);3H2,1-2H3;1-2H3. The van der Waals surface area contributed by atoms with Gasteiger partial charge in [0.25, 0.3) is 0 Å². The number of carbonyl (C=O) groups is 1. The molecular formula is C10H21NO. The maximum absolute atomic E-state index is 10.3. The maximum Gasteiger partial charge on any atom is 0.224 e. The zero-order valence-corrected chi connectivity index (χ0v) is 8.68. The molecule has 0 saturated heterocycles. The Hall–Kier alpha value is -0.790. The smallest absolute Gasteiger partial charge is 0.224 e. The van der Waals surface area contributed by atoms with Crippen molar-refractivity contribution in [3.8, 4) is 0 Å². The van der Waals surface area contributed by atoms with Crippen molar-refractivity contribution < 1.29 is 4.79 Å². The minimum absolute atomic E-state index is 0.127. The second kappa shape index (κ2) is 12.8. The zero-order chi connectivity index (χ0) is 9.82. The van der Waals surface area contributed by atoms with Crippen LogP contribution in [0.1, 0.15) is 40.5 Å². The molecule has 1 amide bonds. The Morgan fingerprint density at radius 1 is 1.33 bits per heavy atom. The molecule has 0 radical (unpaired) electrons. The quantitative estimate of drug-likeness (QED) is 0.557. The molecule has 0 aromatic heterocycles. The van der Waals surface area contributed by atoms with Crippen molar-refractivity contribution in [3.05, 3.63) is 12.2 Å². The molecular weight excluding hydrogens is 150 g/mol. The summed E-state index contributed by atoms with van der Waals surface area (Å²) < 4.78 is 0. The molecule has 0 aromatic carbocycles. The van der Waals surface area contributed by atoms with Gasteiger partial charge in [0.15, 0.2) is 0 Å². The summed E-state index contributed by atoms with van der Waals surface area (Å²) in [6, 6.07) is 0. The topological polar surface area (TPSA) is 29.1 Å². The van der Waals surface area contributed by atoms with Gasteiger partial charge in [-0.25, -0.2) is 0 Å². The van der Waals surface area contributed by atoms with Crippen LogP contribution >= 0.6 is 0 Å². The SMILES string of the molecule is CC.CCC.O=C1CC=CCN1. The maximum atomic E-state index is 10.3. The molecule has 0 spiro atoms. The van der Waals surface area contributed by atoms with Crippen molar-refractivity contribution in [1.29, 1.82) is 0 Å². The third-order valence-corrected chi connectivity index (χ3v) is 0.887. The average molecular weight is 171 g/mol. The molecule has 1 heterocycles. The van der Waals surface area contributed by atoms with E-state index < -0.39 is 0 Å². The van der Waals surface area contributed by atoms with E-state index in [1.54, 1.807) is 0 Å². The highest BCUT2D eigenvalue weighted by Gasteiger charge is 1.97. The van der Waals surface area contributed by atoms with Gasteiger partial charge < -0.3 is 5.32 Å². The summed E-state index contributed by atoms with van der Waals surface area (Å²) in [5, 5.41) is 2.66. The Labute approximate surface area is 76.1 Å². The molecule has 0 saturated carbocycles. The van der Waals surface area contributed by atoms with Crippen LogP contribution in [0.15, 0.2) is 12.2 Å². The Morgan fingerprint density at radius 2 is 1.83 bits per heavy atom. The van der Waals surface area contributed by atoms with Crippen LogP contribution in [0.5, 0.6) is 0 Å². The summed E-state index contributed by atoms with van der Waals surface area (Å²) in [7, 11) is 0. The van der Waals surface area contributed by atoms with Gasteiger partial charge in [-0.1, -0.05) is 46.3 Å². The number of rotatable bonds is 0. The number of hydrogen-bond acceptors (Lipinski definition) is 1. The molecule has 72 valence electrons. The van der Waals surface area contributed by atoms with Gasteiger partial charge in [0.05, 0.1) is 0 Å². The van der Waals surface area contributed by atoms with E-state index in [9.17, 15) is 4.79 Å². The van der Waals surface area contributed by atoms with Crippen molar-refractivity contribution in [2.24, 2.45) is 0 Å². The van der Waals surface area contributed by atoms with Crippen molar-refractivity contribution in [3.63, 3.8) is 0 Å². The molecule has 1 rings (SSSR count). The molecule has 2 nitrogen and oxygen atoms in total. The fourth-order valence-corrected chi connectivity index (χ4v) is 0.519. The lowest BCUT2D eigenvalue weighted by atomic mass is 10.3. The predicted octanol–water partition coefficient (Wildman–Crippen LogP) is 2.50. The molecule has 2 heteroatoms. The minimum atomic E-state index is 0.127. The van der Waals surface area contributed by atoms with Crippen LogP contribution in [-0.4, -0.2) is 12.5 Å². The van der Waals surface area contributed by atoms with E-state index in [-0.39, 0.29) is 5.91 Å².